The van der Waals surface area contributed by atoms with Gasteiger partial charge >= 0.3 is 0 Å². The molecule has 1 heterocycles. The van der Waals surface area contributed by atoms with E-state index in [2.05, 4.69) is 4.99 Å². The number of rotatable bonds is 3. The Kier molecular flexibility index (Phi) is 4.66. The number of amides is 1. The van der Waals surface area contributed by atoms with Crippen LogP contribution in [0.3, 0.4) is 0 Å². The van der Waals surface area contributed by atoms with Crippen LogP contribution in [0.1, 0.15) is 21.5 Å². The molecule has 3 aromatic rings. The van der Waals surface area contributed by atoms with Crippen LogP contribution in [0.25, 0.3) is 0 Å². The number of hydrogen-bond acceptors (Lipinski definition) is 2. The molecular weight excluding hydrogens is 330 g/mol. The van der Waals surface area contributed by atoms with Gasteiger partial charge in [0.25, 0.3) is 5.91 Å². The standard InChI is InChI=1S/C18H14F2N2OS/c1-12-2-4-13(5-3-12)11-22-8-9-24-18(22)21-17(23)15-7-6-14(19)10-16(15)20/h2-10H,11H2,1H3. The SMILES string of the molecule is Cc1ccc(Cn2ccsc2=NC(=O)c2ccc(F)cc2F)cc1. The fourth-order valence-corrected chi connectivity index (χ4v) is 2.93. The van der Waals surface area contributed by atoms with Crippen molar-refractivity contribution in [2.45, 2.75) is 13.5 Å². The molecule has 0 saturated heterocycles. The Morgan fingerprint density at radius 3 is 2.62 bits per heavy atom. The Hall–Kier alpha value is -2.60. The molecule has 0 atom stereocenters. The van der Waals surface area contributed by atoms with E-state index in [0.717, 1.165) is 17.7 Å². The average Bonchev–Trinajstić information content (AvgIpc) is 2.96. The van der Waals surface area contributed by atoms with Crippen molar-refractivity contribution in [3.05, 3.63) is 87.2 Å². The molecule has 122 valence electrons. The van der Waals surface area contributed by atoms with E-state index in [0.29, 0.717) is 17.4 Å². The van der Waals surface area contributed by atoms with E-state index in [1.165, 1.54) is 16.9 Å². The summed E-state index contributed by atoms with van der Waals surface area (Å²) < 4.78 is 28.4. The Bertz CT molecular complexity index is 942. The maximum Gasteiger partial charge on any atom is 0.282 e. The Balaban J connectivity index is 1.90. The number of carbonyl (C=O) groups is 1. The number of benzene rings is 2. The normalized spacial score (nSPS) is 11.7. The molecule has 0 N–H and O–H groups in total. The van der Waals surface area contributed by atoms with Crippen LogP contribution in [0.15, 0.2) is 59.0 Å². The van der Waals surface area contributed by atoms with Crippen molar-refractivity contribution in [1.29, 1.82) is 0 Å². The minimum atomic E-state index is -0.912. The molecule has 0 bridgehead atoms. The summed E-state index contributed by atoms with van der Waals surface area (Å²) in [6.45, 7) is 2.57. The van der Waals surface area contributed by atoms with Crippen LogP contribution in [-0.2, 0) is 6.54 Å². The molecule has 0 fully saturated rings. The van der Waals surface area contributed by atoms with Crippen LogP contribution < -0.4 is 4.80 Å². The van der Waals surface area contributed by atoms with E-state index in [1.54, 1.807) is 5.38 Å². The summed E-state index contributed by atoms with van der Waals surface area (Å²) in [5, 5.41) is 1.81. The largest absolute Gasteiger partial charge is 0.319 e. The van der Waals surface area contributed by atoms with Crippen molar-refractivity contribution in [2.75, 3.05) is 0 Å². The van der Waals surface area contributed by atoms with Gasteiger partial charge in [-0.2, -0.15) is 4.99 Å². The summed E-state index contributed by atoms with van der Waals surface area (Å²) >= 11 is 1.28. The smallest absolute Gasteiger partial charge is 0.282 e. The molecule has 2 aromatic carbocycles. The third kappa shape index (κ3) is 3.65. The zero-order valence-electron chi connectivity index (χ0n) is 12.9. The summed E-state index contributed by atoms with van der Waals surface area (Å²) in [4.78, 5) is 16.6. The summed E-state index contributed by atoms with van der Waals surface area (Å²) in [5.74, 6) is -2.37. The number of nitrogens with zero attached hydrogens (tertiary/aromatic N) is 2. The predicted octanol–water partition coefficient (Wildman–Crippen LogP) is 3.93. The molecule has 0 unspecified atom stereocenters. The van der Waals surface area contributed by atoms with Crippen molar-refractivity contribution in [3.8, 4) is 0 Å². The highest BCUT2D eigenvalue weighted by Crippen LogP contribution is 2.11. The minimum Gasteiger partial charge on any atom is -0.319 e. The number of aryl methyl sites for hydroxylation is 1. The predicted molar refractivity (Wildman–Crippen MR) is 88.8 cm³/mol. The van der Waals surface area contributed by atoms with E-state index < -0.39 is 17.5 Å². The van der Waals surface area contributed by atoms with Crippen LogP contribution in [0.4, 0.5) is 8.78 Å². The molecule has 0 spiro atoms. The summed E-state index contributed by atoms with van der Waals surface area (Å²) in [6, 6.07) is 10.9. The second-order valence-electron chi connectivity index (χ2n) is 5.34. The third-order valence-corrected chi connectivity index (χ3v) is 4.29. The Morgan fingerprint density at radius 1 is 1.17 bits per heavy atom. The molecule has 0 aliphatic carbocycles. The van der Waals surface area contributed by atoms with Gasteiger partial charge in [-0.3, -0.25) is 4.79 Å². The van der Waals surface area contributed by atoms with E-state index in [1.807, 2.05) is 42.0 Å². The summed E-state index contributed by atoms with van der Waals surface area (Å²) in [6.07, 6.45) is 1.82. The fraction of sp³-hybridized carbons (Fsp3) is 0.111. The maximum atomic E-state index is 13.7. The number of halogens is 2. The van der Waals surface area contributed by atoms with Gasteiger partial charge in [0.2, 0.25) is 0 Å². The lowest BCUT2D eigenvalue weighted by atomic mass is 10.1. The van der Waals surface area contributed by atoms with Crippen LogP contribution in [0.2, 0.25) is 0 Å². The highest BCUT2D eigenvalue weighted by Gasteiger charge is 2.12. The molecule has 0 aliphatic heterocycles. The molecule has 1 aromatic heterocycles. The van der Waals surface area contributed by atoms with Crippen LogP contribution >= 0.6 is 11.3 Å². The Morgan fingerprint density at radius 2 is 1.92 bits per heavy atom. The van der Waals surface area contributed by atoms with Crippen LogP contribution in [-0.4, -0.2) is 10.5 Å². The second-order valence-corrected chi connectivity index (χ2v) is 6.21. The number of aromatic nitrogens is 1. The van der Waals surface area contributed by atoms with Crippen LogP contribution in [0.5, 0.6) is 0 Å². The van der Waals surface area contributed by atoms with Gasteiger partial charge in [0.15, 0.2) is 4.80 Å². The summed E-state index contributed by atoms with van der Waals surface area (Å²) in [7, 11) is 0. The van der Waals surface area contributed by atoms with Crippen molar-refractivity contribution < 1.29 is 13.6 Å². The second kappa shape index (κ2) is 6.88. The van der Waals surface area contributed by atoms with Gasteiger partial charge in [0.05, 0.1) is 5.56 Å². The van der Waals surface area contributed by atoms with Crippen molar-refractivity contribution in [1.82, 2.24) is 4.57 Å². The topological polar surface area (TPSA) is 34.4 Å². The first kappa shape index (κ1) is 16.3. The monoisotopic (exact) mass is 344 g/mol. The van der Waals surface area contributed by atoms with Gasteiger partial charge in [0.1, 0.15) is 11.6 Å². The number of carbonyl (C=O) groups excluding carboxylic acids is 1. The van der Waals surface area contributed by atoms with Crippen LogP contribution in [0, 0.1) is 18.6 Å². The Labute approximate surface area is 141 Å². The highest BCUT2D eigenvalue weighted by atomic mass is 32.1. The lowest BCUT2D eigenvalue weighted by Gasteiger charge is -2.04. The van der Waals surface area contributed by atoms with Crippen molar-refractivity contribution in [2.24, 2.45) is 4.99 Å². The minimum absolute atomic E-state index is 0.244. The fourth-order valence-electron chi connectivity index (χ4n) is 2.21. The molecule has 3 rings (SSSR count). The molecular formula is C18H14F2N2OS. The highest BCUT2D eigenvalue weighted by molar-refractivity contribution is 7.07. The van der Waals surface area contributed by atoms with E-state index in [4.69, 9.17) is 0 Å². The molecule has 0 aliphatic rings. The molecule has 0 radical (unpaired) electrons. The van der Waals surface area contributed by atoms with Gasteiger partial charge in [-0.15, -0.1) is 11.3 Å². The molecule has 0 saturated carbocycles. The van der Waals surface area contributed by atoms with Gasteiger partial charge in [-0.05, 0) is 24.6 Å². The zero-order chi connectivity index (χ0) is 17.1. The average molecular weight is 344 g/mol. The van der Waals surface area contributed by atoms with E-state index >= 15 is 0 Å². The first-order valence-corrected chi connectivity index (χ1v) is 8.14. The lowest BCUT2D eigenvalue weighted by molar-refractivity contribution is 0.0994. The van der Waals surface area contributed by atoms with E-state index in [9.17, 15) is 13.6 Å². The zero-order valence-corrected chi connectivity index (χ0v) is 13.7. The quantitative estimate of drug-likeness (QED) is 0.709. The van der Waals surface area contributed by atoms with Gasteiger partial charge in [-0.1, -0.05) is 29.8 Å². The molecule has 6 heteroatoms. The van der Waals surface area contributed by atoms with Crippen molar-refractivity contribution in [3.63, 3.8) is 0 Å². The lowest BCUT2D eigenvalue weighted by Crippen LogP contribution is -2.17. The van der Waals surface area contributed by atoms with Gasteiger partial charge in [-0.25, -0.2) is 8.78 Å². The third-order valence-electron chi connectivity index (χ3n) is 3.49. The molecule has 24 heavy (non-hydrogen) atoms. The van der Waals surface area contributed by atoms with E-state index in [-0.39, 0.29) is 5.56 Å². The first-order chi connectivity index (χ1) is 11.5. The summed E-state index contributed by atoms with van der Waals surface area (Å²) in [5.41, 5.74) is 1.99. The first-order valence-electron chi connectivity index (χ1n) is 7.26. The van der Waals surface area contributed by atoms with Gasteiger partial charge < -0.3 is 4.57 Å². The molecule has 3 nitrogen and oxygen atoms in total. The number of hydrogen-bond donors (Lipinski definition) is 0. The van der Waals surface area contributed by atoms with Crippen molar-refractivity contribution >= 4 is 17.2 Å². The number of thiazole rings is 1. The maximum absolute atomic E-state index is 13.7. The van der Waals surface area contributed by atoms with Gasteiger partial charge in [0, 0.05) is 24.2 Å². The molecule has 1 amide bonds.